The fraction of sp³-hybridized carbons (Fsp3) is 0.600. The number of pyridine rings is 1. The summed E-state index contributed by atoms with van der Waals surface area (Å²) in [6, 6.07) is 7.22. The number of guanidine groups is 1. The largest absolute Gasteiger partial charge is 0.355 e. The molecule has 118 valence electrons. The number of nitrogens with one attached hydrogen (secondary N) is 2. The first-order valence-electron chi connectivity index (χ1n) is 7.27. The second-order valence-corrected chi connectivity index (χ2v) is 5.37. The van der Waals surface area contributed by atoms with Gasteiger partial charge in [0, 0.05) is 31.9 Å². The normalized spacial score (nSPS) is 16.3. The molecule has 0 spiro atoms. The Morgan fingerprint density at radius 3 is 2.76 bits per heavy atom. The average Bonchev–Trinajstić information content (AvgIpc) is 3.32. The quantitative estimate of drug-likeness (QED) is 0.433. The average molecular weight is 403 g/mol. The van der Waals surface area contributed by atoms with Gasteiger partial charge in [-0.3, -0.25) is 14.9 Å². The van der Waals surface area contributed by atoms with Gasteiger partial charge in [-0.15, -0.1) is 24.0 Å². The monoisotopic (exact) mass is 403 g/mol. The molecule has 5 nitrogen and oxygen atoms in total. The van der Waals surface area contributed by atoms with Gasteiger partial charge in [-0.1, -0.05) is 6.07 Å². The molecule has 6 heteroatoms. The van der Waals surface area contributed by atoms with Gasteiger partial charge < -0.3 is 10.6 Å². The van der Waals surface area contributed by atoms with Gasteiger partial charge >= 0.3 is 0 Å². The molecule has 1 fully saturated rings. The maximum absolute atomic E-state index is 4.29. The van der Waals surface area contributed by atoms with Crippen LogP contribution in [0.4, 0.5) is 0 Å². The molecule has 0 aromatic carbocycles. The van der Waals surface area contributed by atoms with Crippen LogP contribution < -0.4 is 10.6 Å². The number of likely N-dealkylation sites (N-methyl/N-ethyl adjacent to an activating group) is 1. The molecule has 2 N–H and O–H groups in total. The molecule has 1 aromatic rings. The summed E-state index contributed by atoms with van der Waals surface area (Å²) in [4.78, 5) is 11.0. The van der Waals surface area contributed by atoms with E-state index < -0.39 is 0 Å². The van der Waals surface area contributed by atoms with E-state index in [2.05, 4.69) is 39.5 Å². The van der Waals surface area contributed by atoms with Crippen LogP contribution in [0.15, 0.2) is 29.4 Å². The summed E-state index contributed by atoms with van der Waals surface area (Å²) in [6.07, 6.45) is 4.49. The molecule has 0 amide bonds. The lowest BCUT2D eigenvalue weighted by molar-refractivity contribution is 0.247. The van der Waals surface area contributed by atoms with E-state index in [-0.39, 0.29) is 24.0 Å². The Morgan fingerprint density at radius 1 is 1.43 bits per heavy atom. The molecule has 1 aliphatic rings. The van der Waals surface area contributed by atoms with E-state index in [1.165, 1.54) is 12.8 Å². The van der Waals surface area contributed by atoms with E-state index in [0.29, 0.717) is 12.6 Å². The first kappa shape index (κ1) is 18.2. The highest BCUT2D eigenvalue weighted by Gasteiger charge is 2.28. The zero-order valence-corrected chi connectivity index (χ0v) is 15.4. The Labute approximate surface area is 144 Å². The Morgan fingerprint density at radius 2 is 2.19 bits per heavy atom. The van der Waals surface area contributed by atoms with E-state index >= 15 is 0 Å². The van der Waals surface area contributed by atoms with Gasteiger partial charge in [0.05, 0.1) is 12.2 Å². The molecule has 0 radical (unpaired) electrons. The third kappa shape index (κ3) is 6.17. The van der Waals surface area contributed by atoms with Crippen LogP contribution in [0.5, 0.6) is 0 Å². The highest BCUT2D eigenvalue weighted by Crippen LogP contribution is 2.26. The summed E-state index contributed by atoms with van der Waals surface area (Å²) in [6.45, 7) is 3.83. The zero-order chi connectivity index (χ0) is 14.4. The third-order valence-corrected chi connectivity index (χ3v) is 3.77. The number of hydrogen-bond donors (Lipinski definition) is 2. The second kappa shape index (κ2) is 9.19. The fourth-order valence-electron chi connectivity index (χ4n) is 2.13. The smallest absolute Gasteiger partial charge is 0.191 e. The Hall–Kier alpha value is -0.890. The molecular formula is C15H26IN5. The predicted molar refractivity (Wildman–Crippen MR) is 98.1 cm³/mol. The number of aliphatic imine (C=N–C) groups is 1. The minimum atomic E-state index is 0. The molecule has 1 aliphatic carbocycles. The van der Waals surface area contributed by atoms with E-state index in [4.69, 9.17) is 0 Å². The van der Waals surface area contributed by atoms with Crippen LogP contribution in [0.25, 0.3) is 0 Å². The summed E-state index contributed by atoms with van der Waals surface area (Å²) < 4.78 is 0. The fourth-order valence-corrected chi connectivity index (χ4v) is 2.13. The molecule has 1 atom stereocenters. The van der Waals surface area contributed by atoms with Crippen LogP contribution in [-0.4, -0.2) is 48.6 Å². The molecular weight excluding hydrogens is 377 g/mol. The second-order valence-electron chi connectivity index (χ2n) is 5.37. The van der Waals surface area contributed by atoms with Gasteiger partial charge in [0.15, 0.2) is 5.96 Å². The lowest BCUT2D eigenvalue weighted by Crippen LogP contribution is -2.45. The van der Waals surface area contributed by atoms with Crippen molar-refractivity contribution in [3.8, 4) is 0 Å². The van der Waals surface area contributed by atoms with Crippen LogP contribution in [0, 0.1) is 0 Å². The van der Waals surface area contributed by atoms with Crippen LogP contribution in [0.2, 0.25) is 0 Å². The standard InChI is InChI=1S/C15H25N5.HI/c1-12(20(3)14-7-8-14)10-18-15(16-2)19-11-13-6-4-5-9-17-13;/h4-6,9,12,14H,7-8,10-11H2,1-3H3,(H2,16,18,19);1H. The van der Waals surface area contributed by atoms with Gasteiger partial charge in [-0.05, 0) is 38.9 Å². The minimum Gasteiger partial charge on any atom is -0.355 e. The van der Waals surface area contributed by atoms with Crippen LogP contribution in [-0.2, 0) is 6.54 Å². The maximum atomic E-state index is 4.29. The van der Waals surface area contributed by atoms with Crippen molar-refractivity contribution in [3.05, 3.63) is 30.1 Å². The van der Waals surface area contributed by atoms with Crippen molar-refractivity contribution < 1.29 is 0 Å². The highest BCUT2D eigenvalue weighted by atomic mass is 127. The number of hydrogen-bond acceptors (Lipinski definition) is 3. The molecule has 1 aromatic heterocycles. The lowest BCUT2D eigenvalue weighted by atomic mass is 10.3. The first-order valence-corrected chi connectivity index (χ1v) is 7.27. The predicted octanol–water partition coefficient (Wildman–Crippen LogP) is 1.85. The molecule has 1 saturated carbocycles. The van der Waals surface area contributed by atoms with Gasteiger partial charge in [0.2, 0.25) is 0 Å². The number of rotatable bonds is 6. The molecule has 1 heterocycles. The van der Waals surface area contributed by atoms with E-state index in [9.17, 15) is 0 Å². The number of nitrogens with zero attached hydrogens (tertiary/aromatic N) is 3. The van der Waals surface area contributed by atoms with Crippen molar-refractivity contribution >= 4 is 29.9 Å². The molecule has 2 rings (SSSR count). The Bertz CT molecular complexity index is 433. The molecule has 0 bridgehead atoms. The summed E-state index contributed by atoms with van der Waals surface area (Å²) >= 11 is 0. The van der Waals surface area contributed by atoms with Crippen LogP contribution in [0.1, 0.15) is 25.5 Å². The summed E-state index contributed by atoms with van der Waals surface area (Å²) in [5.74, 6) is 0.826. The molecule has 1 unspecified atom stereocenters. The molecule has 0 saturated heterocycles. The highest BCUT2D eigenvalue weighted by molar-refractivity contribution is 14.0. The zero-order valence-electron chi connectivity index (χ0n) is 13.0. The lowest BCUT2D eigenvalue weighted by Gasteiger charge is -2.25. The van der Waals surface area contributed by atoms with Gasteiger partial charge in [0.1, 0.15) is 0 Å². The van der Waals surface area contributed by atoms with E-state index in [0.717, 1.165) is 24.2 Å². The Balaban J connectivity index is 0.00000220. The van der Waals surface area contributed by atoms with Crippen LogP contribution >= 0.6 is 24.0 Å². The molecule has 21 heavy (non-hydrogen) atoms. The van der Waals surface area contributed by atoms with E-state index in [1.807, 2.05) is 18.2 Å². The summed E-state index contributed by atoms with van der Waals surface area (Å²) in [5, 5.41) is 6.66. The van der Waals surface area contributed by atoms with Gasteiger partial charge in [-0.2, -0.15) is 0 Å². The number of halogens is 1. The Kier molecular flexibility index (Phi) is 7.95. The summed E-state index contributed by atoms with van der Waals surface area (Å²) in [7, 11) is 4.00. The number of aromatic nitrogens is 1. The van der Waals surface area contributed by atoms with Gasteiger partial charge in [0.25, 0.3) is 0 Å². The minimum absolute atomic E-state index is 0. The van der Waals surface area contributed by atoms with Crippen molar-refractivity contribution in [2.24, 2.45) is 4.99 Å². The van der Waals surface area contributed by atoms with Crippen molar-refractivity contribution in [2.45, 2.75) is 38.4 Å². The SMILES string of the molecule is CN=C(NCc1ccccn1)NCC(C)N(C)C1CC1.I. The maximum Gasteiger partial charge on any atom is 0.191 e. The molecule has 0 aliphatic heterocycles. The van der Waals surface area contributed by atoms with Crippen molar-refractivity contribution in [3.63, 3.8) is 0 Å². The van der Waals surface area contributed by atoms with Crippen LogP contribution in [0.3, 0.4) is 0 Å². The van der Waals surface area contributed by atoms with Crippen molar-refractivity contribution in [1.29, 1.82) is 0 Å². The van der Waals surface area contributed by atoms with Crippen molar-refractivity contribution in [2.75, 3.05) is 20.6 Å². The first-order chi connectivity index (χ1) is 9.70. The van der Waals surface area contributed by atoms with E-state index in [1.54, 1.807) is 13.2 Å². The van der Waals surface area contributed by atoms with Gasteiger partial charge in [-0.25, -0.2) is 0 Å². The summed E-state index contributed by atoms with van der Waals surface area (Å²) in [5.41, 5.74) is 1.01. The third-order valence-electron chi connectivity index (χ3n) is 3.77. The van der Waals surface area contributed by atoms with Crippen molar-refractivity contribution in [1.82, 2.24) is 20.5 Å². The topological polar surface area (TPSA) is 52.6 Å².